The van der Waals surface area contributed by atoms with Gasteiger partial charge in [-0.3, -0.25) is 4.90 Å². The Bertz CT molecular complexity index is 404. The minimum absolute atomic E-state index is 0.294. The van der Waals surface area contributed by atoms with Gasteiger partial charge in [0.25, 0.3) is 0 Å². The lowest BCUT2D eigenvalue weighted by Crippen LogP contribution is -2.48. The first-order valence-electron chi connectivity index (χ1n) is 7.62. The molecule has 2 aliphatic heterocycles. The average Bonchev–Trinajstić information content (AvgIpc) is 2.46. The number of β-amino-alcohol motifs (C(OH)–C–C–N with tert-alkyl or cyclic N) is 1. The topological polar surface area (TPSA) is 82.1 Å². The summed E-state index contributed by atoms with van der Waals surface area (Å²) in [6.45, 7) is 5.59. The Kier molecular flexibility index (Phi) is 6.39. The van der Waals surface area contributed by atoms with Crippen molar-refractivity contribution < 1.29 is 18.3 Å². The minimum atomic E-state index is -3.06. The summed E-state index contributed by atoms with van der Waals surface area (Å²) in [5.74, 6) is 0. The molecular weight excluding hydrogens is 294 g/mol. The molecule has 2 heterocycles. The number of ether oxygens (including phenoxy) is 1. The van der Waals surface area contributed by atoms with E-state index < -0.39 is 16.1 Å². The molecule has 2 fully saturated rings. The van der Waals surface area contributed by atoms with Crippen LogP contribution in [0, 0.1) is 0 Å². The zero-order chi connectivity index (χ0) is 15.3. The summed E-state index contributed by atoms with van der Waals surface area (Å²) in [6, 6.07) is 0.294. The largest absolute Gasteiger partial charge is 0.390 e. The zero-order valence-corrected chi connectivity index (χ0v) is 13.5. The lowest BCUT2D eigenvalue weighted by molar-refractivity contribution is 0.0142. The second-order valence-electron chi connectivity index (χ2n) is 5.91. The molecular formula is C13H27N3O4S. The molecule has 0 aromatic heterocycles. The Morgan fingerprint density at radius 3 is 2.43 bits per heavy atom. The highest BCUT2D eigenvalue weighted by molar-refractivity contribution is 7.88. The monoisotopic (exact) mass is 321 g/mol. The fourth-order valence-electron chi connectivity index (χ4n) is 2.84. The van der Waals surface area contributed by atoms with Crippen LogP contribution in [0.25, 0.3) is 0 Å². The molecule has 2 N–H and O–H groups in total. The Balaban J connectivity index is 1.62. The van der Waals surface area contributed by atoms with Gasteiger partial charge in [0.05, 0.1) is 25.6 Å². The van der Waals surface area contributed by atoms with E-state index in [1.54, 1.807) is 0 Å². The van der Waals surface area contributed by atoms with E-state index in [1.165, 1.54) is 10.6 Å². The molecule has 0 aromatic carbocycles. The first-order valence-corrected chi connectivity index (χ1v) is 9.46. The van der Waals surface area contributed by atoms with Crippen LogP contribution in [0.3, 0.4) is 0 Å². The van der Waals surface area contributed by atoms with Crippen LogP contribution in [0.4, 0.5) is 0 Å². The van der Waals surface area contributed by atoms with E-state index >= 15 is 0 Å². The van der Waals surface area contributed by atoms with E-state index in [1.807, 2.05) is 0 Å². The summed E-state index contributed by atoms with van der Waals surface area (Å²) >= 11 is 0. The van der Waals surface area contributed by atoms with Crippen molar-refractivity contribution in [3.05, 3.63) is 0 Å². The number of rotatable bonds is 6. The van der Waals surface area contributed by atoms with Crippen molar-refractivity contribution in [2.75, 3.05) is 58.7 Å². The van der Waals surface area contributed by atoms with Crippen LogP contribution in [0.15, 0.2) is 0 Å². The number of aliphatic hydroxyl groups is 1. The Labute approximate surface area is 127 Å². The highest BCUT2D eigenvalue weighted by atomic mass is 32.2. The summed E-state index contributed by atoms with van der Waals surface area (Å²) in [7, 11) is -3.06. The van der Waals surface area contributed by atoms with Crippen molar-refractivity contribution in [1.29, 1.82) is 0 Å². The molecule has 2 rings (SSSR count). The SMILES string of the molecule is CS(=O)(=O)N1CCC(NCC(O)CN2CCOCC2)CC1. The van der Waals surface area contributed by atoms with Crippen molar-refractivity contribution in [3.8, 4) is 0 Å². The number of aliphatic hydroxyl groups excluding tert-OH is 1. The molecule has 8 heteroatoms. The van der Waals surface area contributed by atoms with Gasteiger partial charge in [0.2, 0.25) is 10.0 Å². The number of piperidine rings is 1. The van der Waals surface area contributed by atoms with Gasteiger partial charge in [0.15, 0.2) is 0 Å². The molecule has 0 amide bonds. The van der Waals surface area contributed by atoms with Crippen LogP contribution in [0.1, 0.15) is 12.8 Å². The summed E-state index contributed by atoms with van der Waals surface area (Å²) in [4.78, 5) is 2.21. The molecule has 2 saturated heterocycles. The second kappa shape index (κ2) is 7.85. The smallest absolute Gasteiger partial charge is 0.211 e. The predicted octanol–water partition coefficient (Wildman–Crippen LogP) is -1.31. The van der Waals surface area contributed by atoms with Crippen LogP contribution in [-0.2, 0) is 14.8 Å². The van der Waals surface area contributed by atoms with Crippen molar-refractivity contribution >= 4 is 10.0 Å². The summed E-state index contributed by atoms with van der Waals surface area (Å²) < 4.78 is 29.7. The summed E-state index contributed by atoms with van der Waals surface area (Å²) in [5.41, 5.74) is 0. The molecule has 0 saturated carbocycles. The first kappa shape index (κ1) is 17.1. The van der Waals surface area contributed by atoms with E-state index in [2.05, 4.69) is 10.2 Å². The van der Waals surface area contributed by atoms with E-state index in [4.69, 9.17) is 4.74 Å². The normalized spacial score (nSPS) is 25.0. The third kappa shape index (κ3) is 5.80. The predicted molar refractivity (Wildman–Crippen MR) is 80.7 cm³/mol. The van der Waals surface area contributed by atoms with E-state index in [0.29, 0.717) is 32.2 Å². The molecule has 7 nitrogen and oxygen atoms in total. The van der Waals surface area contributed by atoms with E-state index in [-0.39, 0.29) is 0 Å². The lowest BCUT2D eigenvalue weighted by Gasteiger charge is -2.32. The Morgan fingerprint density at radius 2 is 1.86 bits per heavy atom. The molecule has 124 valence electrons. The number of hydrogen-bond donors (Lipinski definition) is 2. The maximum Gasteiger partial charge on any atom is 0.211 e. The van der Waals surface area contributed by atoms with E-state index in [0.717, 1.165) is 39.1 Å². The lowest BCUT2D eigenvalue weighted by atomic mass is 10.1. The molecule has 0 aliphatic carbocycles. The fraction of sp³-hybridized carbons (Fsp3) is 1.00. The molecule has 1 atom stereocenters. The van der Waals surface area contributed by atoms with Crippen molar-refractivity contribution in [1.82, 2.24) is 14.5 Å². The van der Waals surface area contributed by atoms with Crippen LogP contribution in [-0.4, -0.2) is 93.6 Å². The van der Waals surface area contributed by atoms with Gasteiger partial charge >= 0.3 is 0 Å². The molecule has 21 heavy (non-hydrogen) atoms. The zero-order valence-electron chi connectivity index (χ0n) is 12.7. The maximum absolute atomic E-state index is 11.4. The average molecular weight is 321 g/mol. The summed E-state index contributed by atoms with van der Waals surface area (Å²) in [6.07, 6.45) is 2.47. The molecule has 1 unspecified atom stereocenters. The molecule has 0 radical (unpaired) electrons. The van der Waals surface area contributed by atoms with Gasteiger partial charge in [-0.15, -0.1) is 0 Å². The Morgan fingerprint density at radius 1 is 1.24 bits per heavy atom. The number of hydrogen-bond acceptors (Lipinski definition) is 6. The molecule has 0 spiro atoms. The number of morpholine rings is 1. The van der Waals surface area contributed by atoms with E-state index in [9.17, 15) is 13.5 Å². The maximum atomic E-state index is 11.4. The van der Waals surface area contributed by atoms with Crippen molar-refractivity contribution in [2.45, 2.75) is 25.0 Å². The van der Waals surface area contributed by atoms with Gasteiger partial charge in [-0.2, -0.15) is 0 Å². The van der Waals surface area contributed by atoms with Crippen molar-refractivity contribution in [2.24, 2.45) is 0 Å². The van der Waals surface area contributed by atoms with Gasteiger partial charge < -0.3 is 15.2 Å². The third-order valence-electron chi connectivity index (χ3n) is 4.14. The molecule has 0 aromatic rings. The van der Waals surface area contributed by atoms with Gasteiger partial charge in [-0.25, -0.2) is 12.7 Å². The van der Waals surface area contributed by atoms with Gasteiger partial charge in [-0.1, -0.05) is 0 Å². The standard InChI is InChI=1S/C13H27N3O4S/c1-21(18,19)16-4-2-12(3-5-16)14-10-13(17)11-15-6-8-20-9-7-15/h12-14,17H,2-11H2,1H3. The fourth-order valence-corrected chi connectivity index (χ4v) is 3.71. The third-order valence-corrected chi connectivity index (χ3v) is 5.44. The second-order valence-corrected chi connectivity index (χ2v) is 7.89. The quantitative estimate of drug-likeness (QED) is 0.632. The number of nitrogens with zero attached hydrogens (tertiary/aromatic N) is 2. The van der Waals surface area contributed by atoms with Gasteiger partial charge in [-0.05, 0) is 12.8 Å². The van der Waals surface area contributed by atoms with Gasteiger partial charge in [0.1, 0.15) is 0 Å². The summed E-state index contributed by atoms with van der Waals surface area (Å²) in [5, 5.41) is 13.4. The highest BCUT2D eigenvalue weighted by Crippen LogP contribution is 2.13. The van der Waals surface area contributed by atoms with Crippen LogP contribution < -0.4 is 5.32 Å². The Hall–Kier alpha value is -0.250. The minimum Gasteiger partial charge on any atom is -0.390 e. The van der Waals surface area contributed by atoms with Crippen LogP contribution >= 0.6 is 0 Å². The first-order chi connectivity index (χ1) is 9.95. The molecule has 0 bridgehead atoms. The molecule has 2 aliphatic rings. The van der Waals surface area contributed by atoms with Gasteiger partial charge in [0, 0.05) is 45.3 Å². The van der Waals surface area contributed by atoms with Crippen molar-refractivity contribution in [3.63, 3.8) is 0 Å². The number of nitrogens with one attached hydrogen (secondary N) is 1. The number of sulfonamides is 1. The van der Waals surface area contributed by atoms with Crippen LogP contribution in [0.5, 0.6) is 0 Å². The van der Waals surface area contributed by atoms with Crippen LogP contribution in [0.2, 0.25) is 0 Å². The highest BCUT2D eigenvalue weighted by Gasteiger charge is 2.25.